The monoisotopic (exact) mass is 228 g/mol. The third kappa shape index (κ3) is 4.03. The van der Waals surface area contributed by atoms with E-state index in [0.717, 1.165) is 11.1 Å². The summed E-state index contributed by atoms with van der Waals surface area (Å²) in [5, 5.41) is 0. The van der Waals surface area contributed by atoms with Crippen LogP contribution in [0.4, 0.5) is 5.69 Å². The van der Waals surface area contributed by atoms with E-state index in [1.807, 2.05) is 19.1 Å². The molecule has 0 amide bonds. The van der Waals surface area contributed by atoms with Crippen LogP contribution < -0.4 is 10.5 Å². The van der Waals surface area contributed by atoms with Crippen LogP contribution in [-0.2, 0) is 20.0 Å². The zero-order chi connectivity index (χ0) is 11.8. The molecule has 0 aliphatic heterocycles. The Labute approximate surface area is 92.4 Å². The fourth-order valence-corrected chi connectivity index (χ4v) is 1.12. The van der Waals surface area contributed by atoms with Gasteiger partial charge in [0.2, 0.25) is 0 Å². The van der Waals surface area contributed by atoms with E-state index in [-0.39, 0.29) is 0 Å². The van der Waals surface area contributed by atoms with E-state index in [4.69, 9.17) is 18.9 Å². The molecule has 0 aliphatic carbocycles. The van der Waals surface area contributed by atoms with Gasteiger partial charge in [0, 0.05) is 0 Å². The first-order chi connectivity index (χ1) is 7.10. The van der Waals surface area contributed by atoms with Gasteiger partial charge in [-0.2, -0.15) is 0 Å². The molecule has 1 aromatic carbocycles. The Morgan fingerprint density at radius 1 is 1.47 bits per heavy atom. The normalized spacial score (nSPS) is 8.67. The van der Waals surface area contributed by atoms with Gasteiger partial charge in [0.15, 0.2) is 0 Å². The Morgan fingerprint density at radius 2 is 2.00 bits per heavy atom. The maximum atomic E-state index is 8.35. The van der Waals surface area contributed by atoms with Gasteiger partial charge in [-0.3, -0.25) is 0 Å². The fourth-order valence-electron chi connectivity index (χ4n) is 1.12. The molecule has 2 N–H and O–H groups in total. The van der Waals surface area contributed by atoms with Crippen molar-refractivity contribution in [2.75, 3.05) is 12.8 Å². The summed E-state index contributed by atoms with van der Waals surface area (Å²) in [5.74, 6) is 0.704. The van der Waals surface area contributed by atoms with Crippen LogP contribution >= 0.6 is 0 Å². The molecule has 0 aromatic heterocycles. The Balaban J connectivity index is 0.000000583. The van der Waals surface area contributed by atoms with Crippen molar-refractivity contribution in [2.24, 2.45) is 0 Å². The predicted octanol–water partition coefficient (Wildman–Crippen LogP) is 1.72. The van der Waals surface area contributed by atoms with Gasteiger partial charge in [-0.1, -0.05) is 24.2 Å². The standard InChI is InChI=1S/C10H13NO.HO2S/c1-4-8-6-10(12-3)9(11)5-7(8)2;1-3-2/h4-6H,1,11H2,2-3H3;3H/q;-1. The van der Waals surface area contributed by atoms with E-state index in [0.29, 0.717) is 11.4 Å². The van der Waals surface area contributed by atoms with Gasteiger partial charge in [-0.05, 0) is 30.2 Å². The largest absolute Gasteiger partial charge is 0.495 e. The minimum Gasteiger partial charge on any atom is -0.495 e. The van der Waals surface area contributed by atoms with Crippen molar-refractivity contribution in [3.63, 3.8) is 0 Å². The Bertz CT molecular complexity index is 384. The summed E-state index contributed by atoms with van der Waals surface area (Å²) in [6.07, 6.45) is 1.79. The summed E-state index contributed by atoms with van der Waals surface area (Å²) >= 11 is -1.08. The number of hydrogen-bond donors (Lipinski definition) is 1. The number of thiol groups is 1. The molecular formula is C10H14NO3S-. The number of anilines is 1. The van der Waals surface area contributed by atoms with Crippen molar-refractivity contribution < 1.29 is 13.2 Å². The molecule has 0 unspecified atom stereocenters. The molecular weight excluding hydrogens is 214 g/mol. The lowest BCUT2D eigenvalue weighted by Crippen LogP contribution is -1.94. The summed E-state index contributed by atoms with van der Waals surface area (Å²) in [6, 6.07) is 3.77. The van der Waals surface area contributed by atoms with Crippen LogP contribution in [0.15, 0.2) is 18.7 Å². The molecule has 0 aliphatic rings. The maximum Gasteiger partial charge on any atom is 0.142 e. The van der Waals surface area contributed by atoms with Gasteiger partial charge in [0.05, 0.1) is 12.8 Å². The molecule has 1 rings (SSSR count). The molecule has 0 saturated carbocycles. The van der Waals surface area contributed by atoms with Crippen LogP contribution in [-0.4, -0.2) is 7.11 Å². The SMILES string of the molecule is C=Cc1cc(OC)c(N)cc1C.O=[SH-]=O. The van der Waals surface area contributed by atoms with Crippen molar-refractivity contribution in [2.45, 2.75) is 6.92 Å². The molecule has 0 bridgehead atoms. The number of benzene rings is 1. The topological polar surface area (TPSA) is 69.4 Å². The van der Waals surface area contributed by atoms with Gasteiger partial charge in [-0.15, -0.1) is 0 Å². The molecule has 4 nitrogen and oxygen atoms in total. The molecule has 0 saturated heterocycles. The van der Waals surface area contributed by atoms with E-state index < -0.39 is 11.6 Å². The quantitative estimate of drug-likeness (QED) is 0.475. The van der Waals surface area contributed by atoms with Gasteiger partial charge >= 0.3 is 0 Å². The van der Waals surface area contributed by atoms with Gasteiger partial charge in [-0.25, -0.2) is 0 Å². The predicted molar refractivity (Wildman–Crippen MR) is 62.4 cm³/mol. The van der Waals surface area contributed by atoms with Gasteiger partial charge < -0.3 is 18.9 Å². The first kappa shape index (κ1) is 13.5. The lowest BCUT2D eigenvalue weighted by molar-refractivity contribution is 0.417. The lowest BCUT2D eigenvalue weighted by atomic mass is 10.1. The van der Waals surface area contributed by atoms with Crippen molar-refractivity contribution in [1.82, 2.24) is 0 Å². The third-order valence-corrected chi connectivity index (χ3v) is 1.84. The zero-order valence-corrected chi connectivity index (χ0v) is 9.58. The second-order valence-electron chi connectivity index (χ2n) is 2.73. The molecule has 0 spiro atoms. The smallest absolute Gasteiger partial charge is 0.142 e. The molecule has 0 heterocycles. The second kappa shape index (κ2) is 6.89. The van der Waals surface area contributed by atoms with E-state index in [2.05, 4.69) is 6.58 Å². The minimum atomic E-state index is -1.08. The van der Waals surface area contributed by atoms with Crippen molar-refractivity contribution in [3.05, 3.63) is 29.8 Å². The third-order valence-electron chi connectivity index (χ3n) is 1.84. The molecule has 0 fully saturated rings. The van der Waals surface area contributed by atoms with Crippen molar-refractivity contribution in [3.8, 4) is 5.75 Å². The Morgan fingerprint density at radius 3 is 2.40 bits per heavy atom. The summed E-state index contributed by atoms with van der Waals surface area (Å²) in [5.41, 5.74) is 8.53. The minimum absolute atomic E-state index is 0.667. The average Bonchev–Trinajstić information content (AvgIpc) is 2.19. The number of nitrogens with two attached hydrogens (primary N) is 1. The van der Waals surface area contributed by atoms with Crippen LogP contribution in [0.2, 0.25) is 0 Å². The van der Waals surface area contributed by atoms with Crippen LogP contribution in [0, 0.1) is 6.92 Å². The van der Waals surface area contributed by atoms with Crippen molar-refractivity contribution in [1.29, 1.82) is 0 Å². The first-order valence-electron chi connectivity index (χ1n) is 4.12. The van der Waals surface area contributed by atoms with E-state index in [1.165, 1.54) is 0 Å². The lowest BCUT2D eigenvalue weighted by Gasteiger charge is -2.07. The first-order valence-corrected chi connectivity index (χ1v) is 4.85. The number of nitrogen functional groups attached to an aromatic ring is 1. The molecule has 5 heteroatoms. The fraction of sp³-hybridized carbons (Fsp3) is 0.200. The highest BCUT2D eigenvalue weighted by atomic mass is 32.1. The summed E-state index contributed by atoms with van der Waals surface area (Å²) in [6.45, 7) is 5.69. The van der Waals surface area contributed by atoms with E-state index >= 15 is 0 Å². The highest BCUT2D eigenvalue weighted by Crippen LogP contribution is 2.25. The molecule has 0 atom stereocenters. The maximum absolute atomic E-state index is 8.35. The zero-order valence-electron chi connectivity index (χ0n) is 8.69. The van der Waals surface area contributed by atoms with Crippen LogP contribution in [0.1, 0.15) is 11.1 Å². The van der Waals surface area contributed by atoms with Crippen molar-refractivity contribution >= 4 is 23.3 Å². The van der Waals surface area contributed by atoms with E-state index in [9.17, 15) is 0 Å². The van der Waals surface area contributed by atoms with Crippen LogP contribution in [0.3, 0.4) is 0 Å². The molecule has 84 valence electrons. The molecule has 1 aromatic rings. The molecule has 0 radical (unpaired) electrons. The Hall–Kier alpha value is -1.49. The van der Waals surface area contributed by atoms with Gasteiger partial charge in [0.1, 0.15) is 5.75 Å². The summed E-state index contributed by atoms with van der Waals surface area (Å²) < 4.78 is 21.8. The number of ether oxygens (including phenoxy) is 1. The number of rotatable bonds is 2. The summed E-state index contributed by atoms with van der Waals surface area (Å²) in [4.78, 5) is 0. The summed E-state index contributed by atoms with van der Waals surface area (Å²) in [7, 11) is 1.61. The second-order valence-corrected chi connectivity index (χ2v) is 2.88. The number of aryl methyl sites for hydroxylation is 1. The van der Waals surface area contributed by atoms with Gasteiger partial charge in [0.25, 0.3) is 0 Å². The van der Waals surface area contributed by atoms with Crippen LogP contribution in [0.5, 0.6) is 5.75 Å². The number of methoxy groups -OCH3 is 1. The highest BCUT2D eigenvalue weighted by molar-refractivity contribution is 7.51. The average molecular weight is 228 g/mol. The Kier molecular flexibility index (Phi) is 6.21. The molecule has 15 heavy (non-hydrogen) atoms. The van der Waals surface area contributed by atoms with Crippen LogP contribution in [0.25, 0.3) is 6.08 Å². The highest BCUT2D eigenvalue weighted by Gasteiger charge is 2.01. The number of hydrogen-bond acceptors (Lipinski definition) is 5. The van der Waals surface area contributed by atoms with E-state index in [1.54, 1.807) is 13.2 Å².